The Labute approximate surface area is 102 Å². The van der Waals surface area contributed by atoms with E-state index < -0.39 is 4.92 Å². The molecule has 0 bridgehead atoms. The smallest absolute Gasteiger partial charge is 0.272 e. The maximum atomic E-state index is 10.7. The predicted molar refractivity (Wildman–Crippen MR) is 69.1 cm³/mol. The summed E-state index contributed by atoms with van der Waals surface area (Å²) in [6.45, 7) is 7.45. The van der Waals surface area contributed by atoms with Gasteiger partial charge in [-0.05, 0) is 6.42 Å². The fraction of sp³-hybridized carbons (Fsp3) is 0.385. The van der Waals surface area contributed by atoms with E-state index in [0.717, 1.165) is 0 Å². The Morgan fingerprint density at radius 3 is 2.53 bits per heavy atom. The Bertz CT molecular complexity index is 363. The second-order valence-corrected chi connectivity index (χ2v) is 3.22. The number of aliphatic hydroxyl groups is 1. The number of nitro benzene ring substituents is 1. The third-order valence-corrected chi connectivity index (χ3v) is 2.24. The van der Waals surface area contributed by atoms with Crippen molar-refractivity contribution in [1.29, 1.82) is 0 Å². The molecule has 0 saturated carbocycles. The SMILES string of the molecule is C=CCC(CO)c1ccccc1[N+](=O)[O-].CC. The lowest BCUT2D eigenvalue weighted by Crippen LogP contribution is -2.06. The van der Waals surface area contributed by atoms with Crippen LogP contribution in [-0.4, -0.2) is 16.6 Å². The largest absolute Gasteiger partial charge is 0.396 e. The minimum atomic E-state index is -0.429. The number of nitrogens with zero attached hydrogens (tertiary/aromatic N) is 1. The molecule has 0 amide bonds. The van der Waals surface area contributed by atoms with Gasteiger partial charge in [-0.2, -0.15) is 0 Å². The molecule has 0 radical (unpaired) electrons. The van der Waals surface area contributed by atoms with Gasteiger partial charge in [0.25, 0.3) is 5.69 Å². The van der Waals surface area contributed by atoms with Crippen molar-refractivity contribution in [2.75, 3.05) is 6.61 Å². The van der Waals surface area contributed by atoms with Crippen LogP contribution in [0.4, 0.5) is 5.69 Å². The molecule has 1 N–H and O–H groups in total. The Balaban J connectivity index is 0.00000121. The van der Waals surface area contributed by atoms with Crippen LogP contribution in [-0.2, 0) is 0 Å². The highest BCUT2D eigenvalue weighted by Gasteiger charge is 2.19. The van der Waals surface area contributed by atoms with E-state index >= 15 is 0 Å². The zero-order valence-electron chi connectivity index (χ0n) is 10.3. The monoisotopic (exact) mass is 237 g/mol. The van der Waals surface area contributed by atoms with Gasteiger partial charge in [0.1, 0.15) is 0 Å². The van der Waals surface area contributed by atoms with E-state index in [1.54, 1.807) is 24.3 Å². The third kappa shape index (κ3) is 4.36. The van der Waals surface area contributed by atoms with Gasteiger partial charge in [0.2, 0.25) is 0 Å². The van der Waals surface area contributed by atoms with E-state index in [-0.39, 0.29) is 18.2 Å². The van der Waals surface area contributed by atoms with E-state index in [4.69, 9.17) is 5.11 Å². The van der Waals surface area contributed by atoms with Gasteiger partial charge >= 0.3 is 0 Å². The van der Waals surface area contributed by atoms with Gasteiger partial charge in [0, 0.05) is 17.5 Å². The number of nitro groups is 1. The highest BCUT2D eigenvalue weighted by molar-refractivity contribution is 5.42. The molecular formula is C13H19NO3. The normalized spacial score (nSPS) is 11.0. The summed E-state index contributed by atoms with van der Waals surface area (Å²) < 4.78 is 0. The van der Waals surface area contributed by atoms with Crippen molar-refractivity contribution in [1.82, 2.24) is 0 Å². The summed E-state index contributed by atoms with van der Waals surface area (Å²) in [6, 6.07) is 6.46. The molecule has 0 aromatic heterocycles. The summed E-state index contributed by atoms with van der Waals surface area (Å²) in [5, 5.41) is 19.9. The third-order valence-electron chi connectivity index (χ3n) is 2.24. The number of hydrogen-bond acceptors (Lipinski definition) is 3. The molecule has 4 heteroatoms. The van der Waals surface area contributed by atoms with Crippen LogP contribution >= 0.6 is 0 Å². The summed E-state index contributed by atoms with van der Waals surface area (Å²) in [6.07, 6.45) is 2.18. The molecule has 0 saturated heterocycles. The second-order valence-electron chi connectivity index (χ2n) is 3.22. The number of rotatable bonds is 5. The topological polar surface area (TPSA) is 63.4 Å². The van der Waals surface area contributed by atoms with Crippen molar-refractivity contribution in [2.45, 2.75) is 26.2 Å². The minimum absolute atomic E-state index is 0.0541. The van der Waals surface area contributed by atoms with Gasteiger partial charge in [-0.3, -0.25) is 10.1 Å². The molecule has 0 aliphatic rings. The average molecular weight is 237 g/mol. The summed E-state index contributed by atoms with van der Waals surface area (Å²) in [7, 11) is 0. The number of benzene rings is 1. The van der Waals surface area contributed by atoms with Crippen LogP contribution in [0.5, 0.6) is 0 Å². The van der Waals surface area contributed by atoms with Crippen LogP contribution in [0.1, 0.15) is 31.7 Å². The first kappa shape index (κ1) is 15.3. The molecule has 0 aliphatic carbocycles. The molecule has 4 nitrogen and oxygen atoms in total. The molecule has 1 aromatic carbocycles. The van der Waals surface area contributed by atoms with Crippen molar-refractivity contribution < 1.29 is 10.0 Å². The molecule has 0 fully saturated rings. The summed E-state index contributed by atoms with van der Waals surface area (Å²) in [5.74, 6) is -0.246. The van der Waals surface area contributed by atoms with Crippen LogP contribution in [0.2, 0.25) is 0 Å². The van der Waals surface area contributed by atoms with Gasteiger partial charge < -0.3 is 5.11 Å². The summed E-state index contributed by atoms with van der Waals surface area (Å²) in [5.41, 5.74) is 0.614. The first-order valence-corrected chi connectivity index (χ1v) is 5.65. The molecule has 1 unspecified atom stereocenters. The van der Waals surface area contributed by atoms with Crippen LogP contribution in [0.3, 0.4) is 0 Å². The maximum absolute atomic E-state index is 10.7. The molecule has 0 spiro atoms. The lowest BCUT2D eigenvalue weighted by molar-refractivity contribution is -0.385. The minimum Gasteiger partial charge on any atom is -0.396 e. The average Bonchev–Trinajstić information content (AvgIpc) is 2.38. The van der Waals surface area contributed by atoms with Gasteiger partial charge in [0.15, 0.2) is 0 Å². The predicted octanol–water partition coefficient (Wildman–Crippen LogP) is 3.27. The molecule has 94 valence electrons. The summed E-state index contributed by atoms with van der Waals surface area (Å²) >= 11 is 0. The van der Waals surface area contributed by atoms with Gasteiger partial charge in [-0.15, -0.1) is 6.58 Å². The Morgan fingerprint density at radius 1 is 1.47 bits per heavy atom. The Kier molecular flexibility index (Phi) is 7.63. The zero-order valence-corrected chi connectivity index (χ0v) is 10.3. The van der Waals surface area contributed by atoms with Crippen LogP contribution in [0.15, 0.2) is 36.9 Å². The van der Waals surface area contributed by atoms with E-state index in [9.17, 15) is 10.1 Å². The van der Waals surface area contributed by atoms with Crippen molar-refractivity contribution in [3.05, 3.63) is 52.6 Å². The van der Waals surface area contributed by atoms with Crippen LogP contribution in [0, 0.1) is 10.1 Å². The van der Waals surface area contributed by atoms with Crippen molar-refractivity contribution in [3.8, 4) is 0 Å². The molecule has 17 heavy (non-hydrogen) atoms. The van der Waals surface area contributed by atoms with Crippen molar-refractivity contribution in [3.63, 3.8) is 0 Å². The van der Waals surface area contributed by atoms with E-state index in [0.29, 0.717) is 12.0 Å². The van der Waals surface area contributed by atoms with Crippen LogP contribution < -0.4 is 0 Å². The Morgan fingerprint density at radius 2 is 2.06 bits per heavy atom. The lowest BCUT2D eigenvalue weighted by Gasteiger charge is -2.11. The standard InChI is InChI=1S/C11H13NO3.C2H6/c1-2-5-9(8-13)10-6-3-4-7-11(10)12(14)15;1-2/h2-4,6-7,9,13H,1,5,8H2;1-2H3. The molecule has 0 heterocycles. The second kappa shape index (κ2) is 8.47. The van der Waals surface area contributed by atoms with E-state index in [2.05, 4.69) is 6.58 Å². The highest BCUT2D eigenvalue weighted by Crippen LogP contribution is 2.28. The Hall–Kier alpha value is -1.68. The fourth-order valence-corrected chi connectivity index (χ4v) is 1.50. The molecule has 1 aromatic rings. The summed E-state index contributed by atoms with van der Waals surface area (Å²) in [4.78, 5) is 10.3. The first-order chi connectivity index (χ1) is 8.20. The molecule has 1 rings (SSSR count). The van der Waals surface area contributed by atoms with Gasteiger partial charge in [-0.25, -0.2) is 0 Å². The number of hydrogen-bond donors (Lipinski definition) is 1. The van der Waals surface area contributed by atoms with Gasteiger partial charge in [-0.1, -0.05) is 38.1 Å². The quantitative estimate of drug-likeness (QED) is 0.485. The molecular weight excluding hydrogens is 218 g/mol. The first-order valence-electron chi connectivity index (χ1n) is 5.65. The highest BCUT2D eigenvalue weighted by atomic mass is 16.6. The lowest BCUT2D eigenvalue weighted by atomic mass is 9.95. The van der Waals surface area contributed by atoms with Crippen molar-refractivity contribution >= 4 is 5.69 Å². The van der Waals surface area contributed by atoms with E-state index in [1.807, 2.05) is 13.8 Å². The molecule has 0 aliphatic heterocycles. The van der Waals surface area contributed by atoms with Crippen LogP contribution in [0.25, 0.3) is 0 Å². The molecule has 1 atom stereocenters. The van der Waals surface area contributed by atoms with Crippen molar-refractivity contribution in [2.24, 2.45) is 0 Å². The maximum Gasteiger partial charge on any atom is 0.272 e. The number of aliphatic hydroxyl groups excluding tert-OH is 1. The van der Waals surface area contributed by atoms with E-state index in [1.165, 1.54) is 6.07 Å². The zero-order chi connectivity index (χ0) is 13.3. The fourth-order valence-electron chi connectivity index (χ4n) is 1.50. The number of allylic oxidation sites excluding steroid dienone is 1. The number of para-hydroxylation sites is 1. The van der Waals surface area contributed by atoms with Gasteiger partial charge in [0.05, 0.1) is 11.5 Å².